The van der Waals surface area contributed by atoms with E-state index in [9.17, 15) is 0 Å². The normalized spacial score (nSPS) is 18.0. The standard InChI is InChI=1S/C19H26N6O/c1-24(18-19(26-2)22-10-9-21-18)13-14-6-11-25(12-7-14)16-5-8-20-17(23-16)15-3-4-15/h5,8-10,14-15H,3-4,6-7,11-13H2,1-2H3. The van der Waals surface area contributed by atoms with E-state index in [1.165, 1.54) is 12.8 Å². The molecular formula is C19H26N6O. The Bertz CT molecular complexity index is 742. The number of ether oxygens (including phenoxy) is 1. The van der Waals surface area contributed by atoms with E-state index in [4.69, 9.17) is 9.72 Å². The Balaban J connectivity index is 1.34. The number of anilines is 2. The molecule has 1 aliphatic carbocycles. The van der Waals surface area contributed by atoms with E-state index in [-0.39, 0.29) is 0 Å². The number of piperidine rings is 1. The molecule has 2 aliphatic rings. The number of rotatable bonds is 6. The van der Waals surface area contributed by atoms with Crippen LogP contribution in [-0.2, 0) is 0 Å². The minimum atomic E-state index is 0.584. The third-order valence-corrected chi connectivity index (χ3v) is 5.27. The van der Waals surface area contributed by atoms with Crippen LogP contribution in [0.3, 0.4) is 0 Å². The Morgan fingerprint density at radius 1 is 1.08 bits per heavy atom. The number of aromatic nitrogens is 4. The van der Waals surface area contributed by atoms with Gasteiger partial charge in [-0.15, -0.1) is 0 Å². The van der Waals surface area contributed by atoms with Crippen LogP contribution in [0.4, 0.5) is 11.6 Å². The number of hydrogen-bond acceptors (Lipinski definition) is 7. The predicted molar refractivity (Wildman–Crippen MR) is 101 cm³/mol. The molecule has 0 spiro atoms. The van der Waals surface area contributed by atoms with Crippen LogP contribution in [0.15, 0.2) is 24.7 Å². The fourth-order valence-corrected chi connectivity index (χ4v) is 3.62. The second-order valence-electron chi connectivity index (χ2n) is 7.25. The Kier molecular flexibility index (Phi) is 4.86. The summed E-state index contributed by atoms with van der Waals surface area (Å²) in [4.78, 5) is 22.4. The zero-order valence-electron chi connectivity index (χ0n) is 15.5. The van der Waals surface area contributed by atoms with Crippen molar-refractivity contribution in [2.45, 2.75) is 31.6 Å². The summed E-state index contributed by atoms with van der Waals surface area (Å²) in [5.41, 5.74) is 0. The van der Waals surface area contributed by atoms with Crippen LogP contribution in [0.5, 0.6) is 5.88 Å². The lowest BCUT2D eigenvalue weighted by Crippen LogP contribution is -2.38. The molecule has 26 heavy (non-hydrogen) atoms. The van der Waals surface area contributed by atoms with Gasteiger partial charge in [0.25, 0.3) is 5.88 Å². The maximum Gasteiger partial charge on any atom is 0.257 e. The van der Waals surface area contributed by atoms with Crippen molar-refractivity contribution in [1.82, 2.24) is 19.9 Å². The molecule has 2 aromatic heterocycles. The Labute approximate surface area is 154 Å². The van der Waals surface area contributed by atoms with E-state index in [2.05, 4.69) is 31.8 Å². The van der Waals surface area contributed by atoms with Crippen molar-refractivity contribution in [2.75, 3.05) is 43.6 Å². The maximum atomic E-state index is 5.33. The molecule has 3 heterocycles. The molecule has 138 valence electrons. The van der Waals surface area contributed by atoms with Crippen LogP contribution in [0.2, 0.25) is 0 Å². The summed E-state index contributed by atoms with van der Waals surface area (Å²) in [6.45, 7) is 3.04. The highest BCUT2D eigenvalue weighted by Gasteiger charge is 2.28. The summed E-state index contributed by atoms with van der Waals surface area (Å²) in [7, 11) is 3.70. The monoisotopic (exact) mass is 354 g/mol. The van der Waals surface area contributed by atoms with Crippen molar-refractivity contribution in [3.8, 4) is 5.88 Å². The van der Waals surface area contributed by atoms with Crippen LogP contribution in [0.25, 0.3) is 0 Å². The van der Waals surface area contributed by atoms with Crippen molar-refractivity contribution in [3.63, 3.8) is 0 Å². The van der Waals surface area contributed by atoms with E-state index < -0.39 is 0 Å². The first-order chi connectivity index (χ1) is 12.7. The van der Waals surface area contributed by atoms with Gasteiger partial charge in [0, 0.05) is 51.2 Å². The fourth-order valence-electron chi connectivity index (χ4n) is 3.62. The summed E-state index contributed by atoms with van der Waals surface area (Å²) >= 11 is 0. The van der Waals surface area contributed by atoms with Gasteiger partial charge in [0.15, 0.2) is 5.82 Å². The summed E-state index contributed by atoms with van der Waals surface area (Å²) in [5, 5.41) is 0. The topological polar surface area (TPSA) is 67.3 Å². The zero-order valence-corrected chi connectivity index (χ0v) is 15.5. The first-order valence-corrected chi connectivity index (χ1v) is 9.38. The largest absolute Gasteiger partial charge is 0.478 e. The molecule has 0 amide bonds. The van der Waals surface area contributed by atoms with E-state index in [0.717, 1.165) is 49.9 Å². The molecule has 4 rings (SSSR count). The number of nitrogens with zero attached hydrogens (tertiary/aromatic N) is 6. The van der Waals surface area contributed by atoms with Crippen molar-refractivity contribution in [3.05, 3.63) is 30.5 Å². The van der Waals surface area contributed by atoms with Crippen molar-refractivity contribution in [1.29, 1.82) is 0 Å². The molecule has 1 saturated carbocycles. The molecular weight excluding hydrogens is 328 g/mol. The zero-order chi connectivity index (χ0) is 17.9. The highest BCUT2D eigenvalue weighted by Crippen LogP contribution is 2.38. The van der Waals surface area contributed by atoms with Crippen LogP contribution >= 0.6 is 0 Å². The summed E-state index contributed by atoms with van der Waals surface area (Å²) in [6, 6.07) is 2.04. The second-order valence-corrected chi connectivity index (χ2v) is 7.25. The Morgan fingerprint density at radius 2 is 1.85 bits per heavy atom. The van der Waals surface area contributed by atoms with Gasteiger partial charge in [0.05, 0.1) is 7.11 Å². The van der Waals surface area contributed by atoms with E-state index in [1.54, 1.807) is 19.5 Å². The molecule has 0 atom stereocenters. The third-order valence-electron chi connectivity index (χ3n) is 5.27. The smallest absolute Gasteiger partial charge is 0.257 e. The van der Waals surface area contributed by atoms with Crippen molar-refractivity contribution in [2.24, 2.45) is 5.92 Å². The fraction of sp³-hybridized carbons (Fsp3) is 0.579. The van der Waals surface area contributed by atoms with Gasteiger partial charge in [-0.3, -0.25) is 0 Å². The molecule has 0 radical (unpaired) electrons. The van der Waals surface area contributed by atoms with E-state index in [1.807, 2.05) is 12.3 Å². The minimum Gasteiger partial charge on any atom is -0.478 e. The molecule has 2 aromatic rings. The van der Waals surface area contributed by atoms with Crippen LogP contribution in [0.1, 0.15) is 37.4 Å². The summed E-state index contributed by atoms with van der Waals surface area (Å²) in [6.07, 6.45) is 10.1. The van der Waals surface area contributed by atoms with Gasteiger partial charge >= 0.3 is 0 Å². The van der Waals surface area contributed by atoms with Gasteiger partial charge in [0.1, 0.15) is 11.6 Å². The molecule has 0 bridgehead atoms. The molecule has 0 N–H and O–H groups in total. The average Bonchev–Trinajstić information content (AvgIpc) is 3.54. The summed E-state index contributed by atoms with van der Waals surface area (Å²) in [5.74, 6) is 4.74. The molecule has 1 saturated heterocycles. The number of methoxy groups -OCH3 is 1. The van der Waals surface area contributed by atoms with Crippen LogP contribution in [0, 0.1) is 5.92 Å². The Morgan fingerprint density at radius 3 is 2.58 bits per heavy atom. The van der Waals surface area contributed by atoms with Gasteiger partial charge in [-0.2, -0.15) is 0 Å². The quantitative estimate of drug-likeness (QED) is 0.789. The third kappa shape index (κ3) is 3.71. The summed E-state index contributed by atoms with van der Waals surface area (Å²) < 4.78 is 5.33. The predicted octanol–water partition coefficient (Wildman–Crippen LogP) is 2.51. The SMILES string of the molecule is COc1nccnc1N(C)CC1CCN(c2ccnc(C3CC3)n2)CC1. The lowest BCUT2D eigenvalue weighted by Gasteiger charge is -2.35. The van der Waals surface area contributed by atoms with Gasteiger partial charge in [0.2, 0.25) is 0 Å². The van der Waals surface area contributed by atoms with Gasteiger partial charge in [-0.1, -0.05) is 0 Å². The highest BCUT2D eigenvalue weighted by atomic mass is 16.5. The molecule has 0 aromatic carbocycles. The first kappa shape index (κ1) is 17.0. The molecule has 2 fully saturated rings. The Hall–Kier alpha value is -2.44. The molecule has 1 aliphatic heterocycles. The molecule has 0 unspecified atom stereocenters. The van der Waals surface area contributed by atoms with E-state index >= 15 is 0 Å². The van der Waals surface area contributed by atoms with Gasteiger partial charge < -0.3 is 14.5 Å². The lowest BCUT2D eigenvalue weighted by atomic mass is 9.96. The van der Waals surface area contributed by atoms with Gasteiger partial charge in [-0.05, 0) is 37.7 Å². The van der Waals surface area contributed by atoms with Crippen molar-refractivity contribution < 1.29 is 4.74 Å². The number of hydrogen-bond donors (Lipinski definition) is 0. The van der Waals surface area contributed by atoms with Crippen LogP contribution in [-0.4, -0.2) is 53.7 Å². The second kappa shape index (κ2) is 7.43. The molecule has 7 nitrogen and oxygen atoms in total. The minimum absolute atomic E-state index is 0.584. The average molecular weight is 354 g/mol. The highest BCUT2D eigenvalue weighted by molar-refractivity contribution is 5.47. The lowest BCUT2D eigenvalue weighted by molar-refractivity contribution is 0.386. The van der Waals surface area contributed by atoms with Crippen molar-refractivity contribution >= 4 is 11.6 Å². The van der Waals surface area contributed by atoms with Crippen LogP contribution < -0.4 is 14.5 Å². The van der Waals surface area contributed by atoms with E-state index in [0.29, 0.717) is 17.7 Å². The van der Waals surface area contributed by atoms with Gasteiger partial charge in [-0.25, -0.2) is 19.9 Å². The first-order valence-electron chi connectivity index (χ1n) is 9.38. The maximum absolute atomic E-state index is 5.33. The molecule has 7 heteroatoms.